The van der Waals surface area contributed by atoms with Gasteiger partial charge in [-0.1, -0.05) is 13.8 Å². The van der Waals surface area contributed by atoms with Gasteiger partial charge in [-0.3, -0.25) is 4.98 Å². The summed E-state index contributed by atoms with van der Waals surface area (Å²) in [6, 6.07) is 2.08. The minimum absolute atomic E-state index is 0.364. The molecule has 0 spiro atoms. The van der Waals surface area contributed by atoms with Crippen molar-refractivity contribution < 1.29 is 0 Å². The van der Waals surface area contributed by atoms with Crippen LogP contribution >= 0.6 is 0 Å². The quantitative estimate of drug-likeness (QED) is 0.775. The van der Waals surface area contributed by atoms with E-state index in [0.717, 1.165) is 6.54 Å². The van der Waals surface area contributed by atoms with E-state index < -0.39 is 0 Å². The minimum atomic E-state index is 0.364. The molecule has 1 aromatic heterocycles. The maximum absolute atomic E-state index is 5.77. The van der Waals surface area contributed by atoms with Crippen LogP contribution in [0.2, 0.25) is 0 Å². The first-order valence-corrected chi connectivity index (χ1v) is 5.19. The van der Waals surface area contributed by atoms with E-state index in [1.165, 1.54) is 11.1 Å². The van der Waals surface area contributed by atoms with Crippen LogP contribution in [0.1, 0.15) is 30.9 Å². The number of rotatable bonds is 2. The Hall–Kier alpha value is -0.890. The van der Waals surface area contributed by atoms with Crippen molar-refractivity contribution in [3.05, 3.63) is 29.6 Å². The molecular weight excluding hydrogens is 172 g/mol. The Morgan fingerprint density at radius 3 is 2.71 bits per heavy atom. The third-order valence-corrected chi connectivity index (χ3v) is 3.72. The van der Waals surface area contributed by atoms with Crippen molar-refractivity contribution in [2.24, 2.45) is 17.1 Å². The zero-order chi connectivity index (χ0) is 10.3. The Labute approximate surface area is 85.5 Å². The molecule has 1 aliphatic rings. The number of aryl methyl sites for hydroxylation is 1. The van der Waals surface area contributed by atoms with Crippen molar-refractivity contribution in [1.29, 1.82) is 0 Å². The van der Waals surface area contributed by atoms with Gasteiger partial charge in [0.2, 0.25) is 0 Å². The van der Waals surface area contributed by atoms with Crippen LogP contribution in [0.15, 0.2) is 18.5 Å². The van der Waals surface area contributed by atoms with Crippen molar-refractivity contribution in [1.82, 2.24) is 4.98 Å². The fourth-order valence-corrected chi connectivity index (χ4v) is 2.60. The molecule has 2 heteroatoms. The van der Waals surface area contributed by atoms with E-state index >= 15 is 0 Å². The fraction of sp³-hybridized carbons (Fsp3) is 0.583. The van der Waals surface area contributed by atoms with Gasteiger partial charge in [-0.2, -0.15) is 0 Å². The Morgan fingerprint density at radius 1 is 1.50 bits per heavy atom. The van der Waals surface area contributed by atoms with Crippen molar-refractivity contribution in [3.63, 3.8) is 0 Å². The molecule has 1 fully saturated rings. The van der Waals surface area contributed by atoms with Gasteiger partial charge in [0, 0.05) is 12.4 Å². The van der Waals surface area contributed by atoms with Crippen LogP contribution in [-0.4, -0.2) is 11.5 Å². The van der Waals surface area contributed by atoms with Crippen molar-refractivity contribution in [3.8, 4) is 0 Å². The van der Waals surface area contributed by atoms with Gasteiger partial charge in [0.05, 0.1) is 0 Å². The first-order chi connectivity index (χ1) is 6.59. The third kappa shape index (κ3) is 1.25. The fourth-order valence-electron chi connectivity index (χ4n) is 2.60. The molecule has 2 rings (SSSR count). The topological polar surface area (TPSA) is 38.9 Å². The van der Waals surface area contributed by atoms with Gasteiger partial charge in [-0.25, -0.2) is 0 Å². The lowest BCUT2D eigenvalue weighted by Crippen LogP contribution is -2.05. The standard InChI is InChI=1S/C12H18N2/c1-8-4-5-14-7-9(8)11-10(6-13)12(11,2)3/h4-5,7,10-11H,6,13H2,1-3H3/t10-,11-/m1/s1. The molecule has 0 aromatic carbocycles. The molecule has 2 atom stereocenters. The SMILES string of the molecule is Cc1ccncc1[C@@H]1[C@@H](CN)C1(C)C. The van der Waals surface area contributed by atoms with E-state index in [2.05, 4.69) is 31.8 Å². The van der Waals surface area contributed by atoms with Crippen molar-refractivity contribution in [2.45, 2.75) is 26.7 Å². The second kappa shape index (κ2) is 3.06. The van der Waals surface area contributed by atoms with Crippen LogP contribution in [0.4, 0.5) is 0 Å². The van der Waals surface area contributed by atoms with E-state index in [9.17, 15) is 0 Å². The monoisotopic (exact) mass is 190 g/mol. The summed E-state index contributed by atoms with van der Waals surface area (Å²) < 4.78 is 0. The highest BCUT2D eigenvalue weighted by molar-refractivity contribution is 5.35. The van der Waals surface area contributed by atoms with Crippen LogP contribution in [0.3, 0.4) is 0 Å². The molecule has 76 valence electrons. The highest BCUT2D eigenvalue weighted by atomic mass is 14.7. The maximum Gasteiger partial charge on any atom is 0.0305 e. The molecule has 1 aromatic rings. The summed E-state index contributed by atoms with van der Waals surface area (Å²) in [7, 11) is 0. The number of nitrogens with two attached hydrogens (primary N) is 1. The summed E-state index contributed by atoms with van der Waals surface area (Å²) in [6.07, 6.45) is 3.85. The molecule has 1 heterocycles. The zero-order valence-electron chi connectivity index (χ0n) is 9.12. The lowest BCUT2D eigenvalue weighted by Gasteiger charge is -2.05. The van der Waals surface area contributed by atoms with Crippen LogP contribution in [0.5, 0.6) is 0 Å². The van der Waals surface area contributed by atoms with Crippen LogP contribution < -0.4 is 5.73 Å². The molecule has 0 unspecified atom stereocenters. The van der Waals surface area contributed by atoms with E-state index in [-0.39, 0.29) is 0 Å². The first kappa shape index (κ1) is 9.66. The predicted octanol–water partition coefficient (Wildman–Crippen LogP) is 2.09. The van der Waals surface area contributed by atoms with Crippen LogP contribution in [0, 0.1) is 18.3 Å². The lowest BCUT2D eigenvalue weighted by molar-refractivity contribution is 0.558. The molecule has 0 bridgehead atoms. The normalized spacial score (nSPS) is 28.9. The number of pyridine rings is 1. The third-order valence-electron chi connectivity index (χ3n) is 3.72. The van der Waals surface area contributed by atoms with Gasteiger partial charge in [-0.15, -0.1) is 0 Å². The van der Waals surface area contributed by atoms with Crippen LogP contribution in [-0.2, 0) is 0 Å². The van der Waals surface area contributed by atoms with Gasteiger partial charge in [0.25, 0.3) is 0 Å². The molecule has 0 saturated heterocycles. The summed E-state index contributed by atoms with van der Waals surface area (Å²) in [6.45, 7) is 7.52. The molecule has 2 nitrogen and oxygen atoms in total. The molecule has 14 heavy (non-hydrogen) atoms. The maximum atomic E-state index is 5.77. The lowest BCUT2D eigenvalue weighted by atomic mass is 10.0. The number of hydrogen-bond donors (Lipinski definition) is 1. The average Bonchev–Trinajstić information content (AvgIpc) is 2.69. The Balaban J connectivity index is 2.31. The molecule has 2 N–H and O–H groups in total. The minimum Gasteiger partial charge on any atom is -0.330 e. The highest BCUT2D eigenvalue weighted by Gasteiger charge is 2.57. The van der Waals surface area contributed by atoms with Gasteiger partial charge in [0.1, 0.15) is 0 Å². The van der Waals surface area contributed by atoms with Gasteiger partial charge >= 0.3 is 0 Å². The Morgan fingerprint density at radius 2 is 2.21 bits per heavy atom. The van der Waals surface area contributed by atoms with E-state index in [1.54, 1.807) is 0 Å². The van der Waals surface area contributed by atoms with Gasteiger partial charge in [-0.05, 0) is 47.9 Å². The summed E-state index contributed by atoms with van der Waals surface area (Å²) >= 11 is 0. The number of hydrogen-bond acceptors (Lipinski definition) is 2. The highest BCUT2D eigenvalue weighted by Crippen LogP contribution is 2.64. The average molecular weight is 190 g/mol. The number of nitrogens with zero attached hydrogens (tertiary/aromatic N) is 1. The molecule has 1 aliphatic carbocycles. The molecule has 0 amide bonds. The predicted molar refractivity (Wildman–Crippen MR) is 58.0 cm³/mol. The molecule has 0 radical (unpaired) electrons. The van der Waals surface area contributed by atoms with Gasteiger partial charge in [0.15, 0.2) is 0 Å². The molecule has 0 aliphatic heterocycles. The first-order valence-electron chi connectivity index (χ1n) is 5.19. The summed E-state index contributed by atoms with van der Waals surface area (Å²) in [4.78, 5) is 4.20. The van der Waals surface area contributed by atoms with Crippen LogP contribution in [0.25, 0.3) is 0 Å². The smallest absolute Gasteiger partial charge is 0.0305 e. The second-order valence-corrected chi connectivity index (χ2v) is 4.87. The summed E-state index contributed by atoms with van der Waals surface area (Å²) in [5.41, 5.74) is 8.85. The van der Waals surface area contributed by atoms with Gasteiger partial charge < -0.3 is 5.73 Å². The van der Waals surface area contributed by atoms with E-state index in [1.807, 2.05) is 12.4 Å². The Bertz CT molecular complexity index is 344. The second-order valence-electron chi connectivity index (χ2n) is 4.87. The zero-order valence-corrected chi connectivity index (χ0v) is 9.12. The van der Waals surface area contributed by atoms with E-state index in [0.29, 0.717) is 17.3 Å². The van der Waals surface area contributed by atoms with Crippen molar-refractivity contribution >= 4 is 0 Å². The number of aromatic nitrogens is 1. The molecule has 1 saturated carbocycles. The Kier molecular flexibility index (Phi) is 2.11. The summed E-state index contributed by atoms with van der Waals surface area (Å²) in [5.74, 6) is 1.24. The largest absolute Gasteiger partial charge is 0.330 e. The van der Waals surface area contributed by atoms with Crippen molar-refractivity contribution in [2.75, 3.05) is 6.54 Å². The molecular formula is C12H18N2. The van der Waals surface area contributed by atoms with E-state index in [4.69, 9.17) is 5.73 Å². The summed E-state index contributed by atoms with van der Waals surface area (Å²) in [5, 5.41) is 0.